The molecule has 4 aliphatic heterocycles. The maximum Gasteiger partial charge on any atom is 0.0344 e. The van der Waals surface area contributed by atoms with Crippen LogP contribution >= 0.6 is 0 Å². The normalized spacial score (nSPS) is 33.7. The summed E-state index contributed by atoms with van der Waals surface area (Å²) in [7, 11) is 0. The molecule has 4 fully saturated rings. The fraction of sp³-hybridized carbons (Fsp3) is 1.00. The second kappa shape index (κ2) is 9.13. The Morgan fingerprint density at radius 3 is 1.84 bits per heavy atom. The first kappa shape index (κ1) is 24.9. The van der Waals surface area contributed by atoms with Crippen molar-refractivity contribution < 1.29 is 0 Å². The van der Waals surface area contributed by atoms with Crippen molar-refractivity contribution in [2.45, 2.75) is 136 Å². The van der Waals surface area contributed by atoms with Gasteiger partial charge in [0.25, 0.3) is 0 Å². The van der Waals surface area contributed by atoms with E-state index >= 15 is 0 Å². The summed E-state index contributed by atoms with van der Waals surface area (Å²) in [6, 6.07) is 2.68. The zero-order valence-electron chi connectivity index (χ0n) is 22.8. The van der Waals surface area contributed by atoms with Crippen LogP contribution < -0.4 is 0 Å². The molecule has 4 heterocycles. The lowest BCUT2D eigenvalue weighted by Crippen LogP contribution is -2.66. The molecule has 0 aromatic heterocycles. The average molecular weight is 447 g/mol. The van der Waals surface area contributed by atoms with Crippen LogP contribution in [0, 0.1) is 5.41 Å². The van der Waals surface area contributed by atoms with E-state index in [9.17, 15) is 0 Å². The van der Waals surface area contributed by atoms with E-state index in [0.717, 1.165) is 0 Å². The summed E-state index contributed by atoms with van der Waals surface area (Å²) in [6.45, 7) is 27.5. The average Bonchev–Trinajstić information content (AvgIpc) is 3.31. The monoisotopic (exact) mass is 446 g/mol. The van der Waals surface area contributed by atoms with E-state index in [1.807, 2.05) is 0 Å². The summed E-state index contributed by atoms with van der Waals surface area (Å²) in [5.41, 5.74) is 1.26. The Balaban J connectivity index is 1.47. The molecule has 0 amide bonds. The van der Waals surface area contributed by atoms with Crippen molar-refractivity contribution in [3.63, 3.8) is 0 Å². The Kier molecular flexibility index (Phi) is 7.12. The van der Waals surface area contributed by atoms with Gasteiger partial charge >= 0.3 is 0 Å². The summed E-state index contributed by atoms with van der Waals surface area (Å²) in [5, 5.41) is 0. The highest BCUT2D eigenvalue weighted by Crippen LogP contribution is 2.48. The fourth-order valence-corrected chi connectivity index (χ4v) is 8.20. The molecule has 0 aromatic rings. The molecule has 32 heavy (non-hydrogen) atoms. The van der Waals surface area contributed by atoms with Crippen molar-refractivity contribution in [3.8, 4) is 0 Å². The van der Waals surface area contributed by atoms with Crippen molar-refractivity contribution in [2.75, 3.05) is 39.3 Å². The molecule has 0 saturated carbocycles. The first-order valence-electron chi connectivity index (χ1n) is 14.0. The first-order valence-corrected chi connectivity index (χ1v) is 14.0. The van der Waals surface area contributed by atoms with Crippen LogP contribution in [0.5, 0.6) is 0 Å². The van der Waals surface area contributed by atoms with Crippen LogP contribution in [-0.2, 0) is 0 Å². The second-order valence-corrected chi connectivity index (χ2v) is 13.4. The maximum atomic E-state index is 3.02. The van der Waals surface area contributed by atoms with Gasteiger partial charge in [-0.05, 0) is 132 Å². The van der Waals surface area contributed by atoms with Gasteiger partial charge in [0.1, 0.15) is 0 Å². The van der Waals surface area contributed by atoms with Gasteiger partial charge in [-0.3, -0.25) is 14.7 Å². The van der Waals surface area contributed by atoms with E-state index in [1.54, 1.807) is 0 Å². The minimum atomic E-state index is 0.256. The smallest absolute Gasteiger partial charge is 0.0344 e. The molecule has 4 saturated heterocycles. The van der Waals surface area contributed by atoms with Crippen LogP contribution in [0.3, 0.4) is 0 Å². The van der Waals surface area contributed by atoms with Gasteiger partial charge in [-0.25, -0.2) is 0 Å². The number of rotatable bonds is 5. The molecule has 4 rings (SSSR count). The molecule has 2 unspecified atom stereocenters. The molecule has 0 radical (unpaired) electrons. The molecule has 2 atom stereocenters. The van der Waals surface area contributed by atoms with Crippen molar-refractivity contribution >= 4 is 0 Å². The molecule has 0 aromatic carbocycles. The second-order valence-electron chi connectivity index (χ2n) is 13.4. The highest BCUT2D eigenvalue weighted by atomic mass is 15.4. The summed E-state index contributed by atoms with van der Waals surface area (Å²) in [5.74, 6) is 0. The van der Waals surface area contributed by atoms with Gasteiger partial charge < -0.3 is 4.90 Å². The Labute approximate surface area is 200 Å². The molecule has 4 nitrogen and oxygen atoms in total. The van der Waals surface area contributed by atoms with Gasteiger partial charge in [-0.1, -0.05) is 0 Å². The predicted octanol–water partition coefficient (Wildman–Crippen LogP) is 5.08. The number of likely N-dealkylation sites (tertiary alicyclic amines) is 4. The highest BCUT2D eigenvalue weighted by molar-refractivity contribution is 5.12. The Hall–Kier alpha value is -0.160. The Bertz CT molecular complexity index is 633. The SMILES string of the molecule is CC(C)N1CCC2(CCN(C(C)(C)C3CCC4(CCCN(C(C)C)C4)N3C(C)C)CC2)C1. The largest absolute Gasteiger partial charge is 0.300 e. The van der Waals surface area contributed by atoms with Gasteiger partial charge in [-0.15, -0.1) is 0 Å². The third-order valence-electron chi connectivity index (χ3n) is 10.3. The molecule has 186 valence electrons. The predicted molar refractivity (Wildman–Crippen MR) is 137 cm³/mol. The zero-order chi connectivity index (χ0) is 23.3. The van der Waals surface area contributed by atoms with Crippen LogP contribution in [0.1, 0.15) is 100 Å². The van der Waals surface area contributed by atoms with Crippen molar-refractivity contribution in [1.82, 2.24) is 19.6 Å². The lowest BCUT2D eigenvalue weighted by molar-refractivity contribution is -0.0619. The van der Waals surface area contributed by atoms with Crippen LogP contribution in [-0.4, -0.2) is 94.1 Å². The summed E-state index contributed by atoms with van der Waals surface area (Å²) < 4.78 is 0. The van der Waals surface area contributed by atoms with Crippen molar-refractivity contribution in [3.05, 3.63) is 0 Å². The fourth-order valence-electron chi connectivity index (χ4n) is 8.20. The minimum absolute atomic E-state index is 0.256. The minimum Gasteiger partial charge on any atom is -0.300 e. The number of nitrogens with zero attached hydrogens (tertiary/aromatic N) is 4. The topological polar surface area (TPSA) is 13.0 Å². The summed E-state index contributed by atoms with van der Waals surface area (Å²) in [6.07, 6.45) is 9.77. The molecule has 2 spiro atoms. The van der Waals surface area contributed by atoms with Gasteiger partial charge in [-0.2, -0.15) is 0 Å². The summed E-state index contributed by atoms with van der Waals surface area (Å²) >= 11 is 0. The van der Waals surface area contributed by atoms with E-state index < -0.39 is 0 Å². The molecule has 4 aliphatic rings. The standard InChI is InChI=1S/C28H54N4/c1-22(2)29-16-9-11-28(21-29)12-10-25(32(28)24(5)6)26(7,8)31-18-14-27(15-19-31)13-17-30(20-27)23(3)4/h22-25H,9-21H2,1-8H3. The van der Waals surface area contributed by atoms with Gasteiger partial charge in [0, 0.05) is 48.3 Å². The van der Waals surface area contributed by atoms with Gasteiger partial charge in [0.2, 0.25) is 0 Å². The maximum absolute atomic E-state index is 3.02. The molecular formula is C28H54N4. The molecule has 0 aliphatic carbocycles. The molecule has 4 heteroatoms. The van der Waals surface area contributed by atoms with E-state index in [2.05, 4.69) is 75.0 Å². The van der Waals surface area contributed by atoms with Crippen LogP contribution in [0.2, 0.25) is 0 Å². The molecule has 0 N–H and O–H groups in total. The van der Waals surface area contributed by atoms with E-state index in [-0.39, 0.29) is 5.54 Å². The molecular weight excluding hydrogens is 392 g/mol. The quantitative estimate of drug-likeness (QED) is 0.584. The van der Waals surface area contributed by atoms with E-state index in [4.69, 9.17) is 0 Å². The lowest BCUT2D eigenvalue weighted by Gasteiger charge is -2.55. The van der Waals surface area contributed by atoms with Crippen molar-refractivity contribution in [2.24, 2.45) is 5.41 Å². The van der Waals surface area contributed by atoms with E-state index in [0.29, 0.717) is 35.1 Å². The molecule has 0 bridgehead atoms. The third-order valence-corrected chi connectivity index (χ3v) is 10.3. The summed E-state index contributed by atoms with van der Waals surface area (Å²) in [4.78, 5) is 11.4. The van der Waals surface area contributed by atoms with Crippen LogP contribution in [0.15, 0.2) is 0 Å². The Morgan fingerprint density at radius 1 is 0.688 bits per heavy atom. The lowest BCUT2D eigenvalue weighted by atomic mass is 9.76. The number of piperidine rings is 2. The first-order chi connectivity index (χ1) is 15.0. The van der Waals surface area contributed by atoms with Crippen molar-refractivity contribution in [1.29, 1.82) is 0 Å². The van der Waals surface area contributed by atoms with Crippen LogP contribution in [0.4, 0.5) is 0 Å². The number of hydrogen-bond acceptors (Lipinski definition) is 4. The van der Waals surface area contributed by atoms with E-state index in [1.165, 1.54) is 84.2 Å². The Morgan fingerprint density at radius 2 is 1.28 bits per heavy atom. The van der Waals surface area contributed by atoms with Gasteiger partial charge in [0.05, 0.1) is 0 Å². The number of hydrogen-bond donors (Lipinski definition) is 0. The zero-order valence-corrected chi connectivity index (χ0v) is 22.8. The third kappa shape index (κ3) is 4.43. The van der Waals surface area contributed by atoms with Crippen LogP contribution in [0.25, 0.3) is 0 Å². The van der Waals surface area contributed by atoms with Gasteiger partial charge in [0.15, 0.2) is 0 Å². The highest BCUT2D eigenvalue weighted by Gasteiger charge is 2.55.